The summed E-state index contributed by atoms with van der Waals surface area (Å²) in [5.41, 5.74) is 0. The highest BCUT2D eigenvalue weighted by Crippen LogP contribution is 2.18. The van der Waals surface area contributed by atoms with E-state index in [1.165, 1.54) is 6.42 Å². The van der Waals surface area contributed by atoms with Crippen LogP contribution in [0.15, 0.2) is 0 Å². The summed E-state index contributed by atoms with van der Waals surface area (Å²) in [5, 5.41) is 11.5. The van der Waals surface area contributed by atoms with Crippen LogP contribution in [0.4, 0.5) is 4.79 Å². The normalized spacial score (nSPS) is 15.7. The van der Waals surface area contributed by atoms with Gasteiger partial charge < -0.3 is 15.3 Å². The molecule has 92 valence electrons. The van der Waals surface area contributed by atoms with Crippen molar-refractivity contribution in [2.24, 2.45) is 0 Å². The van der Waals surface area contributed by atoms with Crippen molar-refractivity contribution in [1.82, 2.24) is 10.2 Å². The van der Waals surface area contributed by atoms with Gasteiger partial charge >= 0.3 is 12.0 Å². The van der Waals surface area contributed by atoms with Crippen molar-refractivity contribution in [3.8, 4) is 0 Å². The molecule has 5 nitrogen and oxygen atoms in total. The van der Waals surface area contributed by atoms with Crippen molar-refractivity contribution >= 4 is 12.0 Å². The number of amides is 2. The van der Waals surface area contributed by atoms with Gasteiger partial charge in [0.15, 0.2) is 0 Å². The standard InChI is InChI=1S/C11H20N2O3/c1-8(2)13(7-6-10(14)15)11(16)12-9-4-3-5-9/h8-9H,3-7H2,1-2H3,(H,12,16)(H,14,15). The number of aliphatic carboxylic acids is 1. The average Bonchev–Trinajstić information content (AvgIpc) is 2.10. The van der Waals surface area contributed by atoms with Crippen LogP contribution in [0.1, 0.15) is 39.5 Å². The molecule has 0 aliphatic heterocycles. The first kappa shape index (κ1) is 12.8. The number of carbonyl (C=O) groups excluding carboxylic acids is 1. The molecule has 2 amide bonds. The Balaban J connectivity index is 2.40. The van der Waals surface area contributed by atoms with Gasteiger partial charge in [0.2, 0.25) is 0 Å². The molecule has 0 spiro atoms. The number of carbonyl (C=O) groups is 2. The van der Waals surface area contributed by atoms with Gasteiger partial charge in [0.1, 0.15) is 0 Å². The van der Waals surface area contributed by atoms with Gasteiger partial charge in [-0.2, -0.15) is 0 Å². The number of nitrogens with zero attached hydrogens (tertiary/aromatic N) is 1. The molecule has 0 aromatic carbocycles. The molecule has 1 aliphatic carbocycles. The Morgan fingerprint density at radius 3 is 2.44 bits per heavy atom. The second-order valence-electron chi connectivity index (χ2n) is 4.51. The van der Waals surface area contributed by atoms with E-state index in [-0.39, 0.29) is 25.0 Å². The third-order valence-corrected chi connectivity index (χ3v) is 2.88. The van der Waals surface area contributed by atoms with Crippen molar-refractivity contribution in [3.05, 3.63) is 0 Å². The highest BCUT2D eigenvalue weighted by Gasteiger charge is 2.24. The zero-order valence-electron chi connectivity index (χ0n) is 9.90. The smallest absolute Gasteiger partial charge is 0.317 e. The van der Waals surface area contributed by atoms with Gasteiger partial charge in [-0.3, -0.25) is 4.79 Å². The third-order valence-electron chi connectivity index (χ3n) is 2.88. The SMILES string of the molecule is CC(C)N(CCC(=O)O)C(=O)NC1CCC1. The molecule has 1 fully saturated rings. The van der Waals surface area contributed by atoms with Crippen LogP contribution in [0.5, 0.6) is 0 Å². The molecule has 0 radical (unpaired) electrons. The van der Waals surface area contributed by atoms with E-state index in [1.54, 1.807) is 4.90 Å². The van der Waals surface area contributed by atoms with Crippen LogP contribution in [-0.2, 0) is 4.79 Å². The van der Waals surface area contributed by atoms with Crippen molar-refractivity contribution < 1.29 is 14.7 Å². The molecule has 0 saturated heterocycles. The molecule has 0 heterocycles. The number of urea groups is 1. The van der Waals surface area contributed by atoms with Gasteiger partial charge in [0.25, 0.3) is 0 Å². The van der Waals surface area contributed by atoms with E-state index >= 15 is 0 Å². The Morgan fingerprint density at radius 2 is 2.06 bits per heavy atom. The summed E-state index contributed by atoms with van der Waals surface area (Å²) >= 11 is 0. The number of hydrogen-bond donors (Lipinski definition) is 2. The van der Waals surface area contributed by atoms with Crippen LogP contribution in [0.3, 0.4) is 0 Å². The molecular weight excluding hydrogens is 208 g/mol. The van der Waals surface area contributed by atoms with Gasteiger partial charge in [0, 0.05) is 18.6 Å². The second-order valence-corrected chi connectivity index (χ2v) is 4.51. The number of hydrogen-bond acceptors (Lipinski definition) is 2. The van der Waals surface area contributed by atoms with Crippen molar-refractivity contribution in [2.45, 2.75) is 51.6 Å². The maximum atomic E-state index is 11.8. The minimum absolute atomic E-state index is 0.00370. The summed E-state index contributed by atoms with van der Waals surface area (Å²) in [7, 11) is 0. The fraction of sp³-hybridized carbons (Fsp3) is 0.818. The van der Waals surface area contributed by atoms with Crippen LogP contribution >= 0.6 is 0 Å². The summed E-state index contributed by atoms with van der Waals surface area (Å²) in [4.78, 5) is 23.9. The van der Waals surface area contributed by atoms with E-state index in [1.807, 2.05) is 13.8 Å². The molecule has 0 atom stereocenters. The molecule has 0 aromatic rings. The van der Waals surface area contributed by atoms with E-state index in [4.69, 9.17) is 5.11 Å². The van der Waals surface area contributed by atoms with E-state index in [9.17, 15) is 9.59 Å². The molecular formula is C11H20N2O3. The van der Waals surface area contributed by atoms with Gasteiger partial charge in [0.05, 0.1) is 6.42 Å². The Morgan fingerprint density at radius 1 is 1.44 bits per heavy atom. The topological polar surface area (TPSA) is 69.6 Å². The first-order valence-corrected chi connectivity index (χ1v) is 5.79. The quantitative estimate of drug-likeness (QED) is 0.748. The summed E-state index contributed by atoms with van der Waals surface area (Å²) < 4.78 is 0. The highest BCUT2D eigenvalue weighted by atomic mass is 16.4. The monoisotopic (exact) mass is 228 g/mol. The van der Waals surface area contributed by atoms with Crippen LogP contribution in [0, 0.1) is 0 Å². The van der Waals surface area contributed by atoms with Crippen molar-refractivity contribution in [1.29, 1.82) is 0 Å². The molecule has 0 aromatic heterocycles. The van der Waals surface area contributed by atoms with Crippen molar-refractivity contribution in [3.63, 3.8) is 0 Å². The first-order chi connectivity index (χ1) is 7.50. The molecule has 0 bridgehead atoms. The average molecular weight is 228 g/mol. The maximum Gasteiger partial charge on any atom is 0.317 e. The van der Waals surface area contributed by atoms with E-state index < -0.39 is 5.97 Å². The zero-order chi connectivity index (χ0) is 12.1. The lowest BCUT2D eigenvalue weighted by atomic mass is 9.93. The highest BCUT2D eigenvalue weighted by molar-refractivity contribution is 5.76. The minimum atomic E-state index is -0.873. The summed E-state index contributed by atoms with van der Waals surface area (Å²) in [5.74, 6) is -0.873. The molecule has 0 unspecified atom stereocenters. The number of carboxylic acid groups (broad SMARTS) is 1. The maximum absolute atomic E-state index is 11.8. The van der Waals surface area contributed by atoms with E-state index in [0.29, 0.717) is 6.04 Å². The third kappa shape index (κ3) is 3.72. The lowest BCUT2D eigenvalue weighted by Gasteiger charge is -2.32. The van der Waals surface area contributed by atoms with Gasteiger partial charge in [-0.15, -0.1) is 0 Å². The number of carboxylic acids is 1. The molecule has 1 rings (SSSR count). The summed E-state index contributed by atoms with van der Waals surface area (Å²) in [6.07, 6.45) is 3.24. The molecule has 1 saturated carbocycles. The molecule has 1 aliphatic rings. The van der Waals surface area contributed by atoms with Gasteiger partial charge in [-0.1, -0.05) is 0 Å². The number of nitrogens with one attached hydrogen (secondary N) is 1. The van der Waals surface area contributed by atoms with Crippen LogP contribution in [0.25, 0.3) is 0 Å². The van der Waals surface area contributed by atoms with Crippen LogP contribution in [0.2, 0.25) is 0 Å². The predicted molar refractivity (Wildman–Crippen MR) is 60.3 cm³/mol. The van der Waals surface area contributed by atoms with Crippen LogP contribution in [-0.4, -0.2) is 40.6 Å². The van der Waals surface area contributed by atoms with Gasteiger partial charge in [-0.05, 0) is 33.1 Å². The Kier molecular flexibility index (Phi) is 4.58. The lowest BCUT2D eigenvalue weighted by Crippen LogP contribution is -2.50. The van der Waals surface area contributed by atoms with E-state index in [0.717, 1.165) is 12.8 Å². The Hall–Kier alpha value is -1.26. The summed E-state index contributed by atoms with van der Waals surface area (Å²) in [6, 6.07) is 0.180. The first-order valence-electron chi connectivity index (χ1n) is 5.79. The molecule has 16 heavy (non-hydrogen) atoms. The fourth-order valence-electron chi connectivity index (χ4n) is 1.62. The Bertz CT molecular complexity index is 262. The molecule has 2 N–H and O–H groups in total. The largest absolute Gasteiger partial charge is 0.481 e. The van der Waals surface area contributed by atoms with E-state index in [2.05, 4.69) is 5.32 Å². The number of rotatable bonds is 5. The Labute approximate surface area is 95.8 Å². The lowest BCUT2D eigenvalue weighted by molar-refractivity contribution is -0.137. The zero-order valence-corrected chi connectivity index (χ0v) is 9.90. The minimum Gasteiger partial charge on any atom is -0.481 e. The second kappa shape index (κ2) is 5.72. The molecule has 5 heteroatoms. The van der Waals surface area contributed by atoms with Gasteiger partial charge in [-0.25, -0.2) is 4.79 Å². The fourth-order valence-corrected chi connectivity index (χ4v) is 1.62. The predicted octanol–water partition coefficient (Wildman–Crippen LogP) is 1.43. The van der Waals surface area contributed by atoms with Crippen molar-refractivity contribution in [2.75, 3.05) is 6.54 Å². The van der Waals surface area contributed by atoms with Crippen LogP contribution < -0.4 is 5.32 Å². The summed E-state index contributed by atoms with van der Waals surface area (Å²) in [6.45, 7) is 4.05.